The molecular formula is C18H22F6O2. The summed E-state index contributed by atoms with van der Waals surface area (Å²) in [4.78, 5) is 0. The van der Waals surface area contributed by atoms with Crippen LogP contribution in [-0.4, -0.2) is 29.7 Å². The van der Waals surface area contributed by atoms with Crippen LogP contribution in [0.15, 0.2) is 30.8 Å². The average molecular weight is 384 g/mol. The number of rotatable bonds is 7. The molecule has 0 spiro atoms. The molecule has 1 rings (SSSR count). The first-order chi connectivity index (χ1) is 11.7. The maximum atomic E-state index is 12.9. The van der Waals surface area contributed by atoms with Crippen LogP contribution in [0.1, 0.15) is 44.7 Å². The van der Waals surface area contributed by atoms with Crippen LogP contribution in [0.3, 0.4) is 0 Å². The molecule has 1 aromatic carbocycles. The maximum absolute atomic E-state index is 12.9. The molecule has 0 aromatic heterocycles. The van der Waals surface area contributed by atoms with Crippen LogP contribution in [0.25, 0.3) is 5.57 Å². The van der Waals surface area contributed by atoms with Crippen molar-refractivity contribution in [3.63, 3.8) is 0 Å². The lowest BCUT2D eigenvalue weighted by Gasteiger charge is -2.38. The Hall–Kier alpha value is -1.54. The first-order valence-electron chi connectivity index (χ1n) is 8.00. The van der Waals surface area contributed by atoms with Gasteiger partial charge in [-0.3, -0.25) is 0 Å². The lowest BCUT2D eigenvalue weighted by molar-refractivity contribution is -0.383. The van der Waals surface area contributed by atoms with Gasteiger partial charge in [-0.15, -0.1) is 0 Å². The molecule has 0 fully saturated rings. The fraction of sp³-hybridized carbons (Fsp3) is 0.556. The Morgan fingerprint density at radius 2 is 1.54 bits per heavy atom. The van der Waals surface area contributed by atoms with Gasteiger partial charge >= 0.3 is 12.4 Å². The summed E-state index contributed by atoms with van der Waals surface area (Å²) in [5.74, 6) is 0. The zero-order valence-corrected chi connectivity index (χ0v) is 14.8. The van der Waals surface area contributed by atoms with Crippen molar-refractivity contribution in [2.45, 2.75) is 57.2 Å². The summed E-state index contributed by atoms with van der Waals surface area (Å²) in [5, 5.41) is 9.34. The summed E-state index contributed by atoms with van der Waals surface area (Å²) in [7, 11) is 0. The standard InChI is InChI=1S/C18H22F6O2/c1-5-15(6-2,14-9-7-8-13(10-14)12(3)4)26-11-16(25,17(19,20)21)18(22,23)24/h7-10,25H,3,5-6,11H2,1-2,4H3. The van der Waals surface area contributed by atoms with Crippen molar-refractivity contribution in [2.75, 3.05) is 6.61 Å². The third-order valence-electron chi connectivity index (χ3n) is 4.52. The summed E-state index contributed by atoms with van der Waals surface area (Å²) in [6, 6.07) is 6.54. The number of ether oxygens (including phenoxy) is 1. The Kier molecular flexibility index (Phi) is 6.58. The van der Waals surface area contributed by atoms with Crippen LogP contribution in [0.4, 0.5) is 26.3 Å². The van der Waals surface area contributed by atoms with Crippen molar-refractivity contribution >= 4 is 5.57 Å². The lowest BCUT2D eigenvalue weighted by atomic mass is 9.86. The van der Waals surface area contributed by atoms with E-state index in [1.54, 1.807) is 45.0 Å². The Labute approximate surface area is 148 Å². The molecule has 0 unspecified atom stereocenters. The topological polar surface area (TPSA) is 29.5 Å². The molecule has 0 saturated carbocycles. The molecule has 0 aliphatic heterocycles. The Morgan fingerprint density at radius 3 is 1.92 bits per heavy atom. The van der Waals surface area contributed by atoms with Crippen molar-refractivity contribution < 1.29 is 36.2 Å². The molecule has 0 amide bonds. The Bertz CT molecular complexity index is 615. The van der Waals surface area contributed by atoms with Crippen LogP contribution in [0, 0.1) is 0 Å². The summed E-state index contributed by atoms with van der Waals surface area (Å²) in [6.45, 7) is 6.74. The van der Waals surface area contributed by atoms with Crippen molar-refractivity contribution in [3.8, 4) is 0 Å². The van der Waals surface area contributed by atoms with Gasteiger partial charge in [-0.2, -0.15) is 26.3 Å². The summed E-state index contributed by atoms with van der Waals surface area (Å²) in [5.41, 5.74) is -4.54. The SMILES string of the molecule is C=C(C)c1cccc(C(CC)(CC)OCC(O)(C(F)(F)F)C(F)(F)F)c1. The summed E-state index contributed by atoms with van der Waals surface area (Å²) >= 11 is 0. The molecule has 8 heteroatoms. The van der Waals surface area contributed by atoms with Gasteiger partial charge in [0.2, 0.25) is 0 Å². The molecule has 2 nitrogen and oxygen atoms in total. The predicted molar refractivity (Wildman–Crippen MR) is 86.4 cm³/mol. The molecule has 0 bridgehead atoms. The molecule has 0 heterocycles. The molecule has 0 aliphatic rings. The van der Waals surface area contributed by atoms with Gasteiger partial charge in [0.25, 0.3) is 5.60 Å². The molecule has 0 saturated heterocycles. The largest absolute Gasteiger partial charge is 0.428 e. The van der Waals surface area contributed by atoms with E-state index in [2.05, 4.69) is 6.58 Å². The van der Waals surface area contributed by atoms with Crippen LogP contribution >= 0.6 is 0 Å². The average Bonchev–Trinajstić information content (AvgIpc) is 2.54. The van der Waals surface area contributed by atoms with E-state index >= 15 is 0 Å². The van der Waals surface area contributed by atoms with Gasteiger partial charge in [-0.1, -0.05) is 44.2 Å². The number of alkyl halides is 6. The Morgan fingerprint density at radius 1 is 1.04 bits per heavy atom. The van der Waals surface area contributed by atoms with E-state index in [4.69, 9.17) is 4.74 Å². The van der Waals surface area contributed by atoms with Crippen molar-refractivity contribution in [3.05, 3.63) is 42.0 Å². The molecular weight excluding hydrogens is 362 g/mol. The van der Waals surface area contributed by atoms with Gasteiger partial charge in [0.05, 0.1) is 12.2 Å². The second-order valence-corrected chi connectivity index (χ2v) is 6.21. The predicted octanol–water partition coefficient (Wildman–Crippen LogP) is 5.61. The molecule has 1 N–H and O–H groups in total. The number of hydrogen-bond donors (Lipinski definition) is 1. The minimum atomic E-state index is -5.92. The normalized spacial score (nSPS) is 13.8. The Balaban J connectivity index is 3.30. The van der Waals surface area contributed by atoms with E-state index < -0.39 is 30.2 Å². The number of benzene rings is 1. The highest BCUT2D eigenvalue weighted by atomic mass is 19.4. The van der Waals surface area contributed by atoms with Gasteiger partial charge < -0.3 is 9.84 Å². The monoisotopic (exact) mass is 384 g/mol. The highest BCUT2D eigenvalue weighted by molar-refractivity contribution is 5.62. The van der Waals surface area contributed by atoms with E-state index in [0.717, 1.165) is 0 Å². The zero-order valence-electron chi connectivity index (χ0n) is 14.8. The second kappa shape index (κ2) is 7.60. The van der Waals surface area contributed by atoms with Crippen LogP contribution in [-0.2, 0) is 10.3 Å². The third kappa shape index (κ3) is 4.23. The van der Waals surface area contributed by atoms with E-state index in [-0.39, 0.29) is 12.8 Å². The quantitative estimate of drug-likeness (QED) is 0.620. The number of hydrogen-bond acceptors (Lipinski definition) is 2. The minimum absolute atomic E-state index is 0.120. The van der Waals surface area contributed by atoms with Crippen LogP contribution in [0.2, 0.25) is 0 Å². The lowest BCUT2D eigenvalue weighted by Crippen LogP contribution is -2.60. The molecule has 0 atom stereocenters. The van der Waals surface area contributed by atoms with Crippen molar-refractivity contribution in [1.29, 1.82) is 0 Å². The van der Waals surface area contributed by atoms with E-state index in [9.17, 15) is 31.4 Å². The number of allylic oxidation sites excluding steroid dienone is 1. The van der Waals surface area contributed by atoms with E-state index in [0.29, 0.717) is 16.7 Å². The first-order valence-corrected chi connectivity index (χ1v) is 8.00. The third-order valence-corrected chi connectivity index (χ3v) is 4.52. The number of aliphatic hydroxyl groups is 1. The van der Waals surface area contributed by atoms with Gasteiger partial charge in [-0.25, -0.2) is 0 Å². The van der Waals surface area contributed by atoms with E-state index in [1.807, 2.05) is 0 Å². The zero-order chi connectivity index (χ0) is 20.4. The van der Waals surface area contributed by atoms with Crippen molar-refractivity contribution in [1.82, 2.24) is 0 Å². The summed E-state index contributed by atoms with van der Waals surface area (Å²) < 4.78 is 82.5. The van der Waals surface area contributed by atoms with Crippen molar-refractivity contribution in [2.24, 2.45) is 0 Å². The number of halogens is 6. The first kappa shape index (κ1) is 22.5. The highest BCUT2D eigenvalue weighted by Crippen LogP contribution is 2.45. The molecule has 1 aromatic rings. The van der Waals surface area contributed by atoms with Gasteiger partial charge in [0, 0.05) is 0 Å². The smallest absolute Gasteiger partial charge is 0.372 e. The second-order valence-electron chi connectivity index (χ2n) is 6.21. The van der Waals surface area contributed by atoms with Crippen LogP contribution < -0.4 is 0 Å². The molecule has 26 heavy (non-hydrogen) atoms. The fourth-order valence-electron chi connectivity index (χ4n) is 2.58. The van der Waals surface area contributed by atoms with Gasteiger partial charge in [0.1, 0.15) is 0 Å². The highest BCUT2D eigenvalue weighted by Gasteiger charge is 2.71. The molecule has 0 aliphatic carbocycles. The van der Waals surface area contributed by atoms with E-state index in [1.165, 1.54) is 0 Å². The minimum Gasteiger partial charge on any atom is -0.372 e. The summed E-state index contributed by atoms with van der Waals surface area (Å²) in [6.07, 6.45) is -11.6. The maximum Gasteiger partial charge on any atom is 0.428 e. The van der Waals surface area contributed by atoms with Gasteiger partial charge in [-0.05, 0) is 37.0 Å². The van der Waals surface area contributed by atoms with Gasteiger partial charge in [0.15, 0.2) is 0 Å². The fourth-order valence-corrected chi connectivity index (χ4v) is 2.58. The molecule has 148 valence electrons. The molecule has 0 radical (unpaired) electrons. The van der Waals surface area contributed by atoms with Crippen LogP contribution in [0.5, 0.6) is 0 Å².